The molecule has 2 saturated heterocycles. The summed E-state index contributed by atoms with van der Waals surface area (Å²) in [7, 11) is 0. The first-order valence-corrected chi connectivity index (χ1v) is 6.54. The second-order valence-corrected chi connectivity index (χ2v) is 6.49. The molecule has 2 aliphatic heterocycles. The number of aliphatic hydroxyl groups is 1. The molecule has 0 bridgehead atoms. The lowest BCUT2D eigenvalue weighted by Crippen LogP contribution is -2.63. The summed E-state index contributed by atoms with van der Waals surface area (Å²) >= 11 is 0. The number of rotatable bonds is 1. The highest BCUT2D eigenvalue weighted by molar-refractivity contribution is 5.69. The van der Waals surface area contributed by atoms with Crippen LogP contribution in [-0.4, -0.2) is 54.1 Å². The third-order valence-corrected chi connectivity index (χ3v) is 3.53. The molecule has 1 atom stereocenters. The summed E-state index contributed by atoms with van der Waals surface area (Å²) in [6.07, 6.45) is 1.62. The Labute approximate surface area is 108 Å². The monoisotopic (exact) mass is 257 g/mol. The van der Waals surface area contributed by atoms with Crippen molar-refractivity contribution < 1.29 is 19.4 Å². The van der Waals surface area contributed by atoms with Gasteiger partial charge < -0.3 is 19.5 Å². The standard InChI is InChI=1S/C13H23NO4/c1-12(2,3)18-11(16)14-7-13(8-14)5-4-10(6-15)17-9-13/h10,15H,4-9H2,1-3H3. The van der Waals surface area contributed by atoms with Crippen LogP contribution < -0.4 is 0 Å². The molecule has 104 valence electrons. The lowest BCUT2D eigenvalue weighted by atomic mass is 9.74. The Hall–Kier alpha value is -0.810. The third kappa shape index (κ3) is 2.95. The molecule has 1 unspecified atom stereocenters. The van der Waals surface area contributed by atoms with Crippen molar-refractivity contribution >= 4 is 6.09 Å². The average molecular weight is 257 g/mol. The van der Waals surface area contributed by atoms with Crippen LogP contribution in [0.4, 0.5) is 4.79 Å². The van der Waals surface area contributed by atoms with Gasteiger partial charge in [0.05, 0.1) is 19.3 Å². The molecule has 0 aliphatic carbocycles. The topological polar surface area (TPSA) is 59.0 Å². The van der Waals surface area contributed by atoms with Gasteiger partial charge in [-0.05, 0) is 33.6 Å². The Kier molecular flexibility index (Phi) is 3.56. The highest BCUT2D eigenvalue weighted by Gasteiger charge is 2.48. The first kappa shape index (κ1) is 13.6. The number of hydrogen-bond acceptors (Lipinski definition) is 4. The summed E-state index contributed by atoms with van der Waals surface area (Å²) in [6, 6.07) is 0. The number of carbonyl (C=O) groups is 1. The van der Waals surface area contributed by atoms with E-state index in [4.69, 9.17) is 14.6 Å². The maximum absolute atomic E-state index is 11.8. The molecule has 1 N–H and O–H groups in total. The van der Waals surface area contributed by atoms with Gasteiger partial charge in [-0.15, -0.1) is 0 Å². The van der Waals surface area contributed by atoms with Crippen molar-refractivity contribution in [2.45, 2.75) is 45.3 Å². The minimum absolute atomic E-state index is 0.0220. The first-order chi connectivity index (χ1) is 8.34. The molecule has 1 amide bonds. The molecule has 2 rings (SSSR count). The number of aliphatic hydroxyl groups excluding tert-OH is 1. The van der Waals surface area contributed by atoms with Gasteiger partial charge in [0.1, 0.15) is 5.60 Å². The van der Waals surface area contributed by atoms with E-state index in [0.717, 1.165) is 12.8 Å². The van der Waals surface area contributed by atoms with Crippen molar-refractivity contribution in [1.29, 1.82) is 0 Å². The van der Waals surface area contributed by atoms with E-state index in [1.165, 1.54) is 0 Å². The maximum Gasteiger partial charge on any atom is 0.410 e. The molecular formula is C13H23NO4. The van der Waals surface area contributed by atoms with Crippen molar-refractivity contribution in [3.8, 4) is 0 Å². The predicted octanol–water partition coefficient (Wildman–Crippen LogP) is 1.39. The molecule has 18 heavy (non-hydrogen) atoms. The molecule has 0 saturated carbocycles. The molecule has 0 aromatic heterocycles. The van der Waals surface area contributed by atoms with E-state index in [1.54, 1.807) is 4.90 Å². The fraction of sp³-hybridized carbons (Fsp3) is 0.923. The molecule has 0 aromatic rings. The molecule has 0 aromatic carbocycles. The van der Waals surface area contributed by atoms with Gasteiger partial charge in [-0.2, -0.15) is 0 Å². The van der Waals surface area contributed by atoms with Crippen molar-refractivity contribution in [3.05, 3.63) is 0 Å². The average Bonchev–Trinajstić information content (AvgIpc) is 2.23. The van der Waals surface area contributed by atoms with E-state index in [1.807, 2.05) is 20.8 Å². The van der Waals surface area contributed by atoms with Gasteiger partial charge in [0.25, 0.3) is 0 Å². The minimum atomic E-state index is -0.440. The van der Waals surface area contributed by atoms with Gasteiger partial charge in [-0.1, -0.05) is 0 Å². The first-order valence-electron chi connectivity index (χ1n) is 6.54. The number of nitrogens with zero attached hydrogens (tertiary/aromatic N) is 1. The zero-order valence-electron chi connectivity index (χ0n) is 11.4. The largest absolute Gasteiger partial charge is 0.444 e. The second-order valence-electron chi connectivity index (χ2n) is 6.49. The Morgan fingerprint density at radius 2 is 2.17 bits per heavy atom. The third-order valence-electron chi connectivity index (χ3n) is 3.53. The van der Waals surface area contributed by atoms with Crippen molar-refractivity contribution in [1.82, 2.24) is 4.90 Å². The molecule has 2 heterocycles. The Morgan fingerprint density at radius 3 is 2.61 bits per heavy atom. The van der Waals surface area contributed by atoms with Crippen LogP contribution in [0.2, 0.25) is 0 Å². The van der Waals surface area contributed by atoms with E-state index in [-0.39, 0.29) is 24.2 Å². The zero-order chi connectivity index (χ0) is 13.4. The summed E-state index contributed by atoms with van der Waals surface area (Å²) in [6.45, 7) is 7.76. The normalized spacial score (nSPS) is 26.9. The highest BCUT2D eigenvalue weighted by atomic mass is 16.6. The number of carbonyl (C=O) groups excluding carboxylic acids is 1. The van der Waals surface area contributed by atoms with Crippen LogP contribution >= 0.6 is 0 Å². The van der Waals surface area contributed by atoms with E-state index in [9.17, 15) is 4.79 Å². The zero-order valence-corrected chi connectivity index (χ0v) is 11.4. The fourth-order valence-electron chi connectivity index (χ4n) is 2.53. The minimum Gasteiger partial charge on any atom is -0.444 e. The lowest BCUT2D eigenvalue weighted by molar-refractivity contribution is -0.136. The summed E-state index contributed by atoms with van der Waals surface area (Å²) in [5, 5.41) is 9.01. The SMILES string of the molecule is CC(C)(C)OC(=O)N1CC2(CCC(CO)OC2)C1. The predicted molar refractivity (Wildman–Crippen MR) is 66.3 cm³/mol. The summed E-state index contributed by atoms with van der Waals surface area (Å²) in [5.74, 6) is 0. The van der Waals surface area contributed by atoms with E-state index in [0.29, 0.717) is 19.7 Å². The summed E-state index contributed by atoms with van der Waals surface area (Å²) in [5.41, 5.74) is -0.340. The van der Waals surface area contributed by atoms with Crippen LogP contribution in [0, 0.1) is 5.41 Å². The van der Waals surface area contributed by atoms with Crippen LogP contribution in [0.3, 0.4) is 0 Å². The fourth-order valence-corrected chi connectivity index (χ4v) is 2.53. The number of ether oxygens (including phenoxy) is 2. The van der Waals surface area contributed by atoms with Gasteiger partial charge in [-0.3, -0.25) is 0 Å². The molecule has 2 fully saturated rings. The van der Waals surface area contributed by atoms with Gasteiger partial charge in [0.15, 0.2) is 0 Å². The van der Waals surface area contributed by atoms with Crippen molar-refractivity contribution in [3.63, 3.8) is 0 Å². The van der Waals surface area contributed by atoms with Crippen LogP contribution in [0.5, 0.6) is 0 Å². The Morgan fingerprint density at radius 1 is 1.50 bits per heavy atom. The Balaban J connectivity index is 1.78. The Bertz CT molecular complexity index is 307. The van der Waals surface area contributed by atoms with Crippen LogP contribution in [-0.2, 0) is 9.47 Å². The molecule has 5 heteroatoms. The second kappa shape index (κ2) is 4.70. The molecule has 5 nitrogen and oxygen atoms in total. The van der Waals surface area contributed by atoms with Gasteiger partial charge in [0, 0.05) is 18.5 Å². The number of hydrogen-bond donors (Lipinski definition) is 1. The van der Waals surface area contributed by atoms with Crippen molar-refractivity contribution in [2.24, 2.45) is 5.41 Å². The van der Waals surface area contributed by atoms with Gasteiger partial charge in [-0.25, -0.2) is 4.79 Å². The van der Waals surface area contributed by atoms with Crippen LogP contribution in [0.15, 0.2) is 0 Å². The molecule has 0 radical (unpaired) electrons. The van der Waals surface area contributed by atoms with Gasteiger partial charge >= 0.3 is 6.09 Å². The summed E-state index contributed by atoms with van der Waals surface area (Å²) < 4.78 is 10.9. The number of likely N-dealkylation sites (tertiary alicyclic amines) is 1. The van der Waals surface area contributed by atoms with Crippen LogP contribution in [0.1, 0.15) is 33.6 Å². The smallest absolute Gasteiger partial charge is 0.410 e. The van der Waals surface area contributed by atoms with Gasteiger partial charge in [0.2, 0.25) is 0 Å². The highest BCUT2D eigenvalue weighted by Crippen LogP contribution is 2.40. The van der Waals surface area contributed by atoms with Crippen LogP contribution in [0.25, 0.3) is 0 Å². The van der Waals surface area contributed by atoms with E-state index >= 15 is 0 Å². The molecule has 2 aliphatic rings. The maximum atomic E-state index is 11.8. The number of amides is 1. The van der Waals surface area contributed by atoms with E-state index in [2.05, 4.69) is 0 Å². The summed E-state index contributed by atoms with van der Waals surface area (Å²) in [4.78, 5) is 13.5. The van der Waals surface area contributed by atoms with Crippen molar-refractivity contribution in [2.75, 3.05) is 26.3 Å². The molecular weight excluding hydrogens is 234 g/mol. The quantitative estimate of drug-likeness (QED) is 0.771. The molecule has 1 spiro atoms. The lowest BCUT2D eigenvalue weighted by Gasteiger charge is -2.52. The van der Waals surface area contributed by atoms with E-state index < -0.39 is 5.60 Å².